The molecule has 2 aromatic rings. The SMILES string of the molecule is O=Cc1ccccc1OCC(=O)Nc1ccc(C(=O)N2CCCC2)cc1. The van der Waals surface area contributed by atoms with Crippen LogP contribution in [0.5, 0.6) is 5.75 Å². The van der Waals surface area contributed by atoms with Gasteiger partial charge in [0.2, 0.25) is 0 Å². The zero-order chi connectivity index (χ0) is 18.4. The van der Waals surface area contributed by atoms with Crippen LogP contribution in [0.3, 0.4) is 0 Å². The Morgan fingerprint density at radius 3 is 2.42 bits per heavy atom. The first-order chi connectivity index (χ1) is 12.7. The first kappa shape index (κ1) is 17.7. The molecule has 0 atom stereocenters. The second kappa shape index (κ2) is 8.29. The molecule has 0 saturated carbocycles. The Kier molecular flexibility index (Phi) is 5.63. The fraction of sp³-hybridized carbons (Fsp3) is 0.250. The number of likely N-dealkylation sites (tertiary alicyclic amines) is 1. The molecule has 0 bridgehead atoms. The van der Waals surface area contributed by atoms with Crippen molar-refractivity contribution >= 4 is 23.8 Å². The van der Waals surface area contributed by atoms with Gasteiger partial charge in [-0.25, -0.2) is 0 Å². The number of para-hydroxylation sites is 1. The molecule has 134 valence electrons. The summed E-state index contributed by atoms with van der Waals surface area (Å²) in [5, 5.41) is 2.71. The minimum atomic E-state index is -0.343. The molecular formula is C20H20N2O4. The first-order valence-corrected chi connectivity index (χ1v) is 8.53. The normalized spacial score (nSPS) is 13.3. The molecule has 0 aromatic heterocycles. The van der Waals surface area contributed by atoms with Gasteiger partial charge in [-0.05, 0) is 49.2 Å². The van der Waals surface area contributed by atoms with E-state index in [1.54, 1.807) is 48.5 Å². The molecule has 1 aliphatic rings. The van der Waals surface area contributed by atoms with Crippen LogP contribution in [0.1, 0.15) is 33.6 Å². The number of aldehydes is 1. The van der Waals surface area contributed by atoms with Gasteiger partial charge in [-0.15, -0.1) is 0 Å². The molecule has 6 heteroatoms. The number of carbonyl (C=O) groups is 3. The van der Waals surface area contributed by atoms with E-state index in [2.05, 4.69) is 5.32 Å². The van der Waals surface area contributed by atoms with Crippen molar-refractivity contribution in [3.63, 3.8) is 0 Å². The molecule has 1 fully saturated rings. The molecule has 3 rings (SSSR count). The quantitative estimate of drug-likeness (QED) is 0.811. The number of carbonyl (C=O) groups excluding carboxylic acids is 3. The number of nitrogens with one attached hydrogen (secondary N) is 1. The monoisotopic (exact) mass is 352 g/mol. The number of rotatable bonds is 6. The summed E-state index contributed by atoms with van der Waals surface area (Å²) in [5.41, 5.74) is 1.59. The molecule has 6 nitrogen and oxygen atoms in total. The van der Waals surface area contributed by atoms with Gasteiger partial charge in [0.15, 0.2) is 12.9 Å². The molecule has 1 saturated heterocycles. The number of hydrogen-bond donors (Lipinski definition) is 1. The van der Waals surface area contributed by atoms with Crippen LogP contribution in [0.15, 0.2) is 48.5 Å². The van der Waals surface area contributed by atoms with Gasteiger partial charge in [0.05, 0.1) is 5.56 Å². The van der Waals surface area contributed by atoms with E-state index in [0.29, 0.717) is 28.8 Å². The standard InChI is InChI=1S/C20H20N2O4/c23-13-16-5-1-2-6-18(16)26-14-19(24)21-17-9-7-15(8-10-17)20(25)22-11-3-4-12-22/h1-2,5-10,13H,3-4,11-12,14H2,(H,21,24). The summed E-state index contributed by atoms with van der Waals surface area (Å²) in [4.78, 5) is 37.1. The summed E-state index contributed by atoms with van der Waals surface area (Å²) in [6.45, 7) is 1.40. The van der Waals surface area contributed by atoms with E-state index in [1.807, 2.05) is 4.90 Å². The number of hydrogen-bond acceptors (Lipinski definition) is 4. The predicted octanol–water partition coefficient (Wildman–Crippen LogP) is 2.75. The Labute approximate surface area is 151 Å². The molecule has 1 heterocycles. The largest absolute Gasteiger partial charge is 0.483 e. The van der Waals surface area contributed by atoms with Gasteiger partial charge < -0.3 is 15.0 Å². The molecule has 2 aromatic carbocycles. The molecule has 0 radical (unpaired) electrons. The van der Waals surface area contributed by atoms with Crippen molar-refractivity contribution < 1.29 is 19.1 Å². The molecule has 0 unspecified atom stereocenters. The van der Waals surface area contributed by atoms with Crippen LogP contribution >= 0.6 is 0 Å². The van der Waals surface area contributed by atoms with E-state index in [1.165, 1.54) is 0 Å². The lowest BCUT2D eigenvalue weighted by atomic mass is 10.2. The highest BCUT2D eigenvalue weighted by Crippen LogP contribution is 2.17. The average Bonchev–Trinajstić information content (AvgIpc) is 3.21. The van der Waals surface area contributed by atoms with E-state index in [9.17, 15) is 14.4 Å². The highest BCUT2D eigenvalue weighted by atomic mass is 16.5. The molecular weight excluding hydrogens is 332 g/mol. The zero-order valence-corrected chi connectivity index (χ0v) is 14.3. The minimum Gasteiger partial charge on any atom is -0.483 e. The topological polar surface area (TPSA) is 75.7 Å². The molecule has 2 amide bonds. The average molecular weight is 352 g/mol. The van der Waals surface area contributed by atoms with Crippen molar-refractivity contribution in [2.75, 3.05) is 25.0 Å². The third-order valence-electron chi connectivity index (χ3n) is 4.21. The number of amides is 2. The van der Waals surface area contributed by atoms with Crippen molar-refractivity contribution in [2.45, 2.75) is 12.8 Å². The van der Waals surface area contributed by atoms with E-state index in [0.717, 1.165) is 25.9 Å². The van der Waals surface area contributed by atoms with Crippen LogP contribution in [-0.2, 0) is 4.79 Å². The van der Waals surface area contributed by atoms with Crippen LogP contribution < -0.4 is 10.1 Å². The van der Waals surface area contributed by atoms with E-state index in [-0.39, 0.29) is 18.4 Å². The summed E-state index contributed by atoms with van der Waals surface area (Å²) in [5.74, 6) is 0.0442. The molecule has 0 spiro atoms. The number of nitrogens with zero attached hydrogens (tertiary/aromatic N) is 1. The van der Waals surface area contributed by atoms with Crippen molar-refractivity contribution in [3.8, 4) is 5.75 Å². The number of benzene rings is 2. The second-order valence-electron chi connectivity index (χ2n) is 6.07. The maximum absolute atomic E-state index is 12.3. The van der Waals surface area contributed by atoms with E-state index in [4.69, 9.17) is 4.74 Å². The van der Waals surface area contributed by atoms with Crippen molar-refractivity contribution in [3.05, 3.63) is 59.7 Å². The van der Waals surface area contributed by atoms with Crippen LogP contribution in [0.25, 0.3) is 0 Å². The first-order valence-electron chi connectivity index (χ1n) is 8.53. The van der Waals surface area contributed by atoms with Gasteiger partial charge >= 0.3 is 0 Å². The summed E-state index contributed by atoms with van der Waals surface area (Å²) in [6, 6.07) is 13.5. The van der Waals surface area contributed by atoms with E-state index >= 15 is 0 Å². The van der Waals surface area contributed by atoms with Gasteiger partial charge in [-0.3, -0.25) is 14.4 Å². The number of anilines is 1. The van der Waals surface area contributed by atoms with Crippen molar-refractivity contribution in [2.24, 2.45) is 0 Å². The van der Waals surface area contributed by atoms with Crippen molar-refractivity contribution in [1.29, 1.82) is 0 Å². The van der Waals surface area contributed by atoms with Gasteiger partial charge in [0.1, 0.15) is 5.75 Å². The third-order valence-corrected chi connectivity index (χ3v) is 4.21. The smallest absolute Gasteiger partial charge is 0.262 e. The van der Waals surface area contributed by atoms with Crippen LogP contribution in [0.2, 0.25) is 0 Å². The molecule has 1 aliphatic heterocycles. The van der Waals surface area contributed by atoms with E-state index < -0.39 is 0 Å². The lowest BCUT2D eigenvalue weighted by Gasteiger charge is -2.15. The van der Waals surface area contributed by atoms with Gasteiger partial charge in [0, 0.05) is 24.3 Å². The molecule has 1 N–H and O–H groups in total. The Bertz CT molecular complexity index is 796. The Morgan fingerprint density at radius 2 is 1.73 bits per heavy atom. The Hall–Kier alpha value is -3.15. The highest BCUT2D eigenvalue weighted by molar-refractivity contribution is 5.96. The van der Waals surface area contributed by atoms with Gasteiger partial charge in [-0.1, -0.05) is 12.1 Å². The summed E-state index contributed by atoms with van der Waals surface area (Å²) < 4.78 is 5.39. The fourth-order valence-corrected chi connectivity index (χ4v) is 2.85. The van der Waals surface area contributed by atoms with Crippen LogP contribution in [0, 0.1) is 0 Å². The summed E-state index contributed by atoms with van der Waals surface area (Å²) in [7, 11) is 0. The Balaban J connectivity index is 1.54. The van der Waals surface area contributed by atoms with Crippen LogP contribution in [-0.4, -0.2) is 42.7 Å². The fourth-order valence-electron chi connectivity index (χ4n) is 2.85. The van der Waals surface area contributed by atoms with Gasteiger partial charge in [0.25, 0.3) is 11.8 Å². The second-order valence-corrected chi connectivity index (χ2v) is 6.07. The number of ether oxygens (including phenoxy) is 1. The predicted molar refractivity (Wildman–Crippen MR) is 97.5 cm³/mol. The summed E-state index contributed by atoms with van der Waals surface area (Å²) in [6.07, 6.45) is 2.78. The van der Waals surface area contributed by atoms with Gasteiger partial charge in [-0.2, -0.15) is 0 Å². The minimum absolute atomic E-state index is 0.0224. The molecule has 0 aliphatic carbocycles. The maximum atomic E-state index is 12.3. The lowest BCUT2D eigenvalue weighted by molar-refractivity contribution is -0.118. The maximum Gasteiger partial charge on any atom is 0.262 e. The summed E-state index contributed by atoms with van der Waals surface area (Å²) >= 11 is 0. The zero-order valence-electron chi connectivity index (χ0n) is 14.3. The third kappa shape index (κ3) is 4.27. The molecule has 26 heavy (non-hydrogen) atoms. The lowest BCUT2D eigenvalue weighted by Crippen LogP contribution is -2.27. The van der Waals surface area contributed by atoms with Crippen LogP contribution in [0.4, 0.5) is 5.69 Å². The Morgan fingerprint density at radius 1 is 1.04 bits per heavy atom. The van der Waals surface area contributed by atoms with Crippen molar-refractivity contribution in [1.82, 2.24) is 4.90 Å². The highest BCUT2D eigenvalue weighted by Gasteiger charge is 2.19.